The van der Waals surface area contributed by atoms with Crippen molar-refractivity contribution in [3.8, 4) is 5.75 Å². The van der Waals surface area contributed by atoms with Gasteiger partial charge in [0.25, 0.3) is 5.91 Å². The number of hydrogen-bond acceptors (Lipinski definition) is 4. The van der Waals surface area contributed by atoms with E-state index in [2.05, 4.69) is 11.9 Å². The molecular formula is C13H10FNO2S2. The maximum Gasteiger partial charge on any atom is 0.263 e. The van der Waals surface area contributed by atoms with E-state index in [0.717, 1.165) is 11.8 Å². The van der Waals surface area contributed by atoms with Gasteiger partial charge < -0.3 is 10.4 Å². The fourth-order valence-corrected chi connectivity index (χ4v) is 2.69. The van der Waals surface area contributed by atoms with Crippen LogP contribution in [-0.2, 0) is 11.2 Å². The minimum Gasteiger partial charge on any atom is -0.505 e. The van der Waals surface area contributed by atoms with Gasteiger partial charge in [0.05, 0.1) is 4.91 Å². The quantitative estimate of drug-likeness (QED) is 0.511. The fraction of sp³-hybridized carbons (Fsp3) is 0.0769. The van der Waals surface area contributed by atoms with Crippen molar-refractivity contribution in [2.24, 2.45) is 0 Å². The van der Waals surface area contributed by atoms with E-state index in [1.807, 2.05) is 0 Å². The summed E-state index contributed by atoms with van der Waals surface area (Å²) in [6, 6.07) is 2.78. The third kappa shape index (κ3) is 3.02. The Kier molecular flexibility index (Phi) is 4.01. The lowest BCUT2D eigenvalue weighted by atomic mass is 10.1. The molecule has 1 aromatic carbocycles. The van der Waals surface area contributed by atoms with Gasteiger partial charge in [0.1, 0.15) is 4.32 Å². The molecule has 0 spiro atoms. The van der Waals surface area contributed by atoms with Crippen molar-refractivity contribution >= 4 is 40.3 Å². The molecule has 3 nitrogen and oxygen atoms in total. The van der Waals surface area contributed by atoms with E-state index in [1.54, 1.807) is 12.1 Å². The predicted molar refractivity (Wildman–Crippen MR) is 78.3 cm³/mol. The maximum absolute atomic E-state index is 13.6. The predicted octanol–water partition coefficient (Wildman–Crippen LogP) is 2.75. The number of aromatic hydroxyl groups is 1. The maximum atomic E-state index is 13.6. The largest absolute Gasteiger partial charge is 0.505 e. The molecule has 0 radical (unpaired) electrons. The number of carbonyl (C=O) groups excluding carboxylic acids is 1. The first-order valence-electron chi connectivity index (χ1n) is 5.38. The summed E-state index contributed by atoms with van der Waals surface area (Å²) in [5.41, 5.74) is 0.919. The summed E-state index contributed by atoms with van der Waals surface area (Å²) in [4.78, 5) is 11.9. The normalized spacial score (nSPS) is 16.8. The van der Waals surface area contributed by atoms with Crippen LogP contribution >= 0.6 is 24.0 Å². The number of thiocarbonyl (C=S) groups is 1. The molecule has 2 N–H and O–H groups in total. The van der Waals surface area contributed by atoms with Crippen LogP contribution in [0.3, 0.4) is 0 Å². The van der Waals surface area contributed by atoms with E-state index < -0.39 is 5.82 Å². The van der Waals surface area contributed by atoms with Crippen LogP contribution in [0.15, 0.2) is 29.7 Å². The molecule has 0 saturated carbocycles. The second-order valence-corrected chi connectivity index (χ2v) is 5.57. The van der Waals surface area contributed by atoms with Gasteiger partial charge in [0.15, 0.2) is 11.6 Å². The number of thioether (sulfide) groups is 1. The summed E-state index contributed by atoms with van der Waals surface area (Å²) < 4.78 is 13.9. The number of carbonyl (C=O) groups is 1. The first-order chi connectivity index (χ1) is 9.01. The Balaban J connectivity index is 2.41. The second-order valence-electron chi connectivity index (χ2n) is 3.86. The first-order valence-corrected chi connectivity index (χ1v) is 6.61. The second kappa shape index (κ2) is 5.54. The van der Waals surface area contributed by atoms with E-state index in [9.17, 15) is 14.3 Å². The Morgan fingerprint density at radius 3 is 2.84 bits per heavy atom. The highest BCUT2D eigenvalue weighted by Crippen LogP contribution is 2.29. The molecule has 1 heterocycles. The van der Waals surface area contributed by atoms with Gasteiger partial charge in [-0.1, -0.05) is 30.1 Å². The van der Waals surface area contributed by atoms with Crippen LogP contribution in [0, 0.1) is 5.82 Å². The summed E-state index contributed by atoms with van der Waals surface area (Å²) in [6.07, 6.45) is 3.45. The summed E-state index contributed by atoms with van der Waals surface area (Å²) in [7, 11) is 0. The van der Waals surface area contributed by atoms with Gasteiger partial charge in [-0.25, -0.2) is 4.39 Å². The molecule has 0 atom stereocenters. The highest BCUT2D eigenvalue weighted by Gasteiger charge is 2.22. The number of nitrogens with one attached hydrogen (secondary N) is 1. The van der Waals surface area contributed by atoms with E-state index >= 15 is 0 Å². The number of amides is 1. The van der Waals surface area contributed by atoms with E-state index in [0.29, 0.717) is 26.8 Å². The van der Waals surface area contributed by atoms with Crippen LogP contribution in [0.25, 0.3) is 6.08 Å². The molecule has 1 saturated heterocycles. The Morgan fingerprint density at radius 2 is 2.26 bits per heavy atom. The van der Waals surface area contributed by atoms with Crippen LogP contribution in [0.1, 0.15) is 11.1 Å². The fourth-order valence-electron chi connectivity index (χ4n) is 1.65. The molecule has 19 heavy (non-hydrogen) atoms. The molecule has 1 aliphatic heterocycles. The van der Waals surface area contributed by atoms with Crippen LogP contribution in [-0.4, -0.2) is 15.3 Å². The Bertz CT molecular complexity index is 611. The summed E-state index contributed by atoms with van der Waals surface area (Å²) in [6.45, 7) is 3.55. The van der Waals surface area contributed by atoms with Crippen molar-refractivity contribution in [1.29, 1.82) is 0 Å². The van der Waals surface area contributed by atoms with Gasteiger partial charge in [-0.05, 0) is 30.2 Å². The van der Waals surface area contributed by atoms with Gasteiger partial charge >= 0.3 is 0 Å². The number of phenols is 1. The molecule has 1 fully saturated rings. The molecule has 1 aliphatic rings. The van der Waals surface area contributed by atoms with Gasteiger partial charge in [0, 0.05) is 5.56 Å². The van der Waals surface area contributed by atoms with Crippen molar-refractivity contribution < 1.29 is 14.3 Å². The molecule has 0 aliphatic carbocycles. The van der Waals surface area contributed by atoms with E-state index in [4.69, 9.17) is 12.2 Å². The Hall–Kier alpha value is -1.66. The van der Waals surface area contributed by atoms with E-state index in [1.165, 1.54) is 12.1 Å². The lowest BCUT2D eigenvalue weighted by molar-refractivity contribution is -0.115. The monoisotopic (exact) mass is 295 g/mol. The Morgan fingerprint density at radius 1 is 1.53 bits per heavy atom. The third-order valence-corrected chi connectivity index (χ3v) is 3.63. The van der Waals surface area contributed by atoms with Crippen molar-refractivity contribution in [3.05, 3.63) is 46.6 Å². The molecule has 98 valence electrons. The van der Waals surface area contributed by atoms with Crippen LogP contribution in [0.2, 0.25) is 0 Å². The number of rotatable bonds is 3. The third-order valence-electron chi connectivity index (χ3n) is 2.47. The lowest BCUT2D eigenvalue weighted by Gasteiger charge is -2.05. The SMILES string of the molecule is C=CCc1cc(/C=C2/SC(=S)NC2=O)cc(F)c1O. The number of hydrogen-bond donors (Lipinski definition) is 2. The topological polar surface area (TPSA) is 49.3 Å². The minimum atomic E-state index is -0.725. The number of halogens is 1. The van der Waals surface area contributed by atoms with Gasteiger partial charge in [-0.3, -0.25) is 4.79 Å². The van der Waals surface area contributed by atoms with Crippen LogP contribution in [0.5, 0.6) is 5.75 Å². The average Bonchev–Trinajstić information content (AvgIpc) is 2.64. The van der Waals surface area contributed by atoms with Crippen molar-refractivity contribution in [2.45, 2.75) is 6.42 Å². The van der Waals surface area contributed by atoms with Gasteiger partial charge in [0.2, 0.25) is 0 Å². The highest BCUT2D eigenvalue weighted by atomic mass is 32.2. The van der Waals surface area contributed by atoms with Crippen molar-refractivity contribution in [3.63, 3.8) is 0 Å². The zero-order chi connectivity index (χ0) is 14.0. The molecule has 6 heteroatoms. The lowest BCUT2D eigenvalue weighted by Crippen LogP contribution is -2.17. The standard InChI is InChI=1S/C13H10FNO2S2/c1-2-3-8-4-7(5-9(14)11(8)16)6-10-12(17)15-13(18)19-10/h2,4-6,16H,1,3H2,(H,15,17,18)/b10-6+. The smallest absolute Gasteiger partial charge is 0.263 e. The zero-order valence-electron chi connectivity index (χ0n) is 9.77. The Labute approximate surface area is 119 Å². The zero-order valence-corrected chi connectivity index (χ0v) is 11.4. The summed E-state index contributed by atoms with van der Waals surface area (Å²) in [5, 5.41) is 12.0. The van der Waals surface area contributed by atoms with Crippen molar-refractivity contribution in [1.82, 2.24) is 5.32 Å². The molecular weight excluding hydrogens is 285 g/mol. The van der Waals surface area contributed by atoms with E-state index in [-0.39, 0.29) is 11.7 Å². The minimum absolute atomic E-state index is 0.297. The van der Waals surface area contributed by atoms with Crippen molar-refractivity contribution in [2.75, 3.05) is 0 Å². The first kappa shape index (κ1) is 13.8. The number of phenolic OH excluding ortho intramolecular Hbond substituents is 1. The van der Waals surface area contributed by atoms with Crippen LogP contribution in [0.4, 0.5) is 4.39 Å². The average molecular weight is 295 g/mol. The molecule has 2 rings (SSSR count). The van der Waals surface area contributed by atoms with Crippen LogP contribution < -0.4 is 5.32 Å². The highest BCUT2D eigenvalue weighted by molar-refractivity contribution is 8.26. The molecule has 1 amide bonds. The van der Waals surface area contributed by atoms with Gasteiger partial charge in [-0.2, -0.15) is 0 Å². The van der Waals surface area contributed by atoms with Gasteiger partial charge in [-0.15, -0.1) is 6.58 Å². The summed E-state index contributed by atoms with van der Waals surface area (Å²) in [5.74, 6) is -1.41. The number of allylic oxidation sites excluding steroid dienone is 1. The number of benzene rings is 1. The molecule has 0 unspecified atom stereocenters. The molecule has 0 bridgehead atoms. The molecule has 0 aromatic heterocycles. The summed E-state index contributed by atoms with van der Waals surface area (Å²) >= 11 is 5.99. The molecule has 1 aromatic rings.